The van der Waals surface area contributed by atoms with Crippen LogP contribution in [0.25, 0.3) is 0 Å². The lowest BCUT2D eigenvalue weighted by atomic mass is 9.98. The standard InChI is InChI=1S/C15H17BrFNO/c1-3-8-18-15(11-7-9-19-10(11)2)12-5-4-6-13(16)14(12)17/h4-7,9,15,18H,3,8H2,1-2H3. The molecule has 0 spiro atoms. The van der Waals surface area contributed by atoms with Gasteiger partial charge in [-0.05, 0) is 48.0 Å². The Morgan fingerprint density at radius 1 is 1.32 bits per heavy atom. The quantitative estimate of drug-likeness (QED) is 0.870. The Morgan fingerprint density at radius 2 is 2.11 bits per heavy atom. The SMILES string of the molecule is CCCNC(c1ccoc1C)c1cccc(Br)c1F. The molecular formula is C15H17BrFNO. The Labute approximate surface area is 121 Å². The molecule has 1 aromatic heterocycles. The van der Waals surface area contributed by atoms with Crippen molar-refractivity contribution in [2.75, 3.05) is 6.54 Å². The molecule has 2 rings (SSSR count). The van der Waals surface area contributed by atoms with Crippen LogP contribution >= 0.6 is 15.9 Å². The van der Waals surface area contributed by atoms with Crippen LogP contribution in [0.3, 0.4) is 0 Å². The van der Waals surface area contributed by atoms with Crippen molar-refractivity contribution < 1.29 is 8.81 Å². The Balaban J connectivity index is 2.43. The fourth-order valence-electron chi connectivity index (χ4n) is 2.11. The first-order valence-corrected chi connectivity index (χ1v) is 7.15. The van der Waals surface area contributed by atoms with E-state index in [0.29, 0.717) is 10.0 Å². The Hall–Kier alpha value is -1.13. The van der Waals surface area contributed by atoms with E-state index in [1.54, 1.807) is 18.4 Å². The lowest BCUT2D eigenvalue weighted by Crippen LogP contribution is -2.24. The zero-order valence-electron chi connectivity index (χ0n) is 11.0. The summed E-state index contributed by atoms with van der Waals surface area (Å²) in [4.78, 5) is 0. The fourth-order valence-corrected chi connectivity index (χ4v) is 2.50. The molecule has 0 amide bonds. The first-order valence-electron chi connectivity index (χ1n) is 6.36. The molecule has 0 fully saturated rings. The van der Waals surface area contributed by atoms with Crippen molar-refractivity contribution in [2.24, 2.45) is 0 Å². The molecule has 19 heavy (non-hydrogen) atoms. The molecule has 0 radical (unpaired) electrons. The molecule has 0 saturated heterocycles. The number of aryl methyl sites for hydroxylation is 1. The minimum absolute atomic E-state index is 0.184. The third-order valence-corrected chi connectivity index (χ3v) is 3.71. The highest BCUT2D eigenvalue weighted by molar-refractivity contribution is 9.10. The first kappa shape index (κ1) is 14.3. The molecule has 2 nitrogen and oxygen atoms in total. The number of benzene rings is 1. The zero-order valence-corrected chi connectivity index (χ0v) is 12.6. The van der Waals surface area contributed by atoms with E-state index in [1.807, 2.05) is 19.1 Å². The smallest absolute Gasteiger partial charge is 0.142 e. The van der Waals surface area contributed by atoms with Crippen LogP contribution in [0.15, 0.2) is 39.4 Å². The largest absolute Gasteiger partial charge is 0.469 e. The third kappa shape index (κ3) is 3.07. The van der Waals surface area contributed by atoms with E-state index in [2.05, 4.69) is 28.2 Å². The lowest BCUT2D eigenvalue weighted by molar-refractivity contribution is 0.508. The van der Waals surface area contributed by atoms with Crippen molar-refractivity contribution in [3.8, 4) is 0 Å². The van der Waals surface area contributed by atoms with Gasteiger partial charge in [0.15, 0.2) is 0 Å². The summed E-state index contributed by atoms with van der Waals surface area (Å²) in [6, 6.07) is 7.07. The molecule has 1 atom stereocenters. The van der Waals surface area contributed by atoms with Gasteiger partial charge in [0.1, 0.15) is 11.6 Å². The van der Waals surface area contributed by atoms with E-state index in [4.69, 9.17) is 4.42 Å². The van der Waals surface area contributed by atoms with Crippen molar-refractivity contribution in [1.29, 1.82) is 0 Å². The summed E-state index contributed by atoms with van der Waals surface area (Å²) in [5, 5.41) is 3.38. The zero-order chi connectivity index (χ0) is 13.8. The number of nitrogens with one attached hydrogen (secondary N) is 1. The number of rotatable bonds is 5. The van der Waals surface area contributed by atoms with Gasteiger partial charge in [0.05, 0.1) is 16.8 Å². The molecule has 1 N–H and O–H groups in total. The highest BCUT2D eigenvalue weighted by Crippen LogP contribution is 2.30. The van der Waals surface area contributed by atoms with E-state index in [1.165, 1.54) is 0 Å². The van der Waals surface area contributed by atoms with Crippen LogP contribution in [0.4, 0.5) is 4.39 Å². The van der Waals surface area contributed by atoms with E-state index in [0.717, 1.165) is 24.3 Å². The van der Waals surface area contributed by atoms with Crippen LogP contribution < -0.4 is 5.32 Å². The molecular weight excluding hydrogens is 309 g/mol. The molecule has 1 aromatic carbocycles. The molecule has 1 heterocycles. The van der Waals surface area contributed by atoms with Crippen molar-refractivity contribution in [3.05, 3.63) is 57.7 Å². The lowest BCUT2D eigenvalue weighted by Gasteiger charge is -2.19. The molecule has 102 valence electrons. The average molecular weight is 326 g/mol. The van der Waals surface area contributed by atoms with Crippen molar-refractivity contribution in [1.82, 2.24) is 5.32 Å². The van der Waals surface area contributed by atoms with E-state index >= 15 is 0 Å². The molecule has 0 aliphatic rings. The van der Waals surface area contributed by atoms with E-state index < -0.39 is 0 Å². The number of hydrogen-bond donors (Lipinski definition) is 1. The predicted molar refractivity (Wildman–Crippen MR) is 77.7 cm³/mol. The fraction of sp³-hybridized carbons (Fsp3) is 0.333. The van der Waals surface area contributed by atoms with Gasteiger partial charge in [-0.1, -0.05) is 19.1 Å². The Morgan fingerprint density at radius 3 is 2.74 bits per heavy atom. The minimum atomic E-state index is -0.225. The van der Waals surface area contributed by atoms with Gasteiger partial charge in [-0.3, -0.25) is 0 Å². The maximum Gasteiger partial charge on any atom is 0.142 e. The van der Waals surface area contributed by atoms with Crippen molar-refractivity contribution in [2.45, 2.75) is 26.3 Å². The van der Waals surface area contributed by atoms with Crippen LogP contribution in [0.5, 0.6) is 0 Å². The summed E-state index contributed by atoms with van der Waals surface area (Å²) < 4.78 is 20.1. The van der Waals surface area contributed by atoms with Gasteiger partial charge in [0.25, 0.3) is 0 Å². The summed E-state index contributed by atoms with van der Waals surface area (Å²) in [6.45, 7) is 4.80. The van der Waals surface area contributed by atoms with Gasteiger partial charge >= 0.3 is 0 Å². The summed E-state index contributed by atoms with van der Waals surface area (Å²) >= 11 is 3.24. The van der Waals surface area contributed by atoms with Gasteiger partial charge < -0.3 is 9.73 Å². The second kappa shape index (κ2) is 6.35. The van der Waals surface area contributed by atoms with Crippen molar-refractivity contribution in [3.63, 3.8) is 0 Å². The van der Waals surface area contributed by atoms with Crippen LogP contribution in [0, 0.1) is 12.7 Å². The highest BCUT2D eigenvalue weighted by atomic mass is 79.9. The summed E-state index contributed by atoms with van der Waals surface area (Å²) in [7, 11) is 0. The number of hydrogen-bond acceptors (Lipinski definition) is 2. The third-order valence-electron chi connectivity index (χ3n) is 3.10. The number of halogens is 2. The minimum Gasteiger partial charge on any atom is -0.469 e. The van der Waals surface area contributed by atoms with E-state index in [9.17, 15) is 4.39 Å². The first-order chi connectivity index (χ1) is 9.15. The molecule has 0 bridgehead atoms. The van der Waals surface area contributed by atoms with Gasteiger partial charge in [-0.2, -0.15) is 0 Å². The normalized spacial score (nSPS) is 12.6. The maximum absolute atomic E-state index is 14.3. The highest BCUT2D eigenvalue weighted by Gasteiger charge is 2.21. The van der Waals surface area contributed by atoms with Crippen molar-refractivity contribution >= 4 is 15.9 Å². The van der Waals surface area contributed by atoms with Crippen LogP contribution in [0.1, 0.15) is 36.3 Å². The molecule has 2 aromatic rings. The molecule has 0 aliphatic heterocycles. The number of furan rings is 1. The molecule has 0 aliphatic carbocycles. The average Bonchev–Trinajstić information content (AvgIpc) is 2.81. The van der Waals surface area contributed by atoms with Crippen LogP contribution in [0.2, 0.25) is 0 Å². The Kier molecular flexibility index (Phi) is 4.77. The second-order valence-corrected chi connectivity index (χ2v) is 5.32. The topological polar surface area (TPSA) is 25.2 Å². The summed E-state index contributed by atoms with van der Waals surface area (Å²) in [5.74, 6) is 0.588. The van der Waals surface area contributed by atoms with Gasteiger partial charge in [0, 0.05) is 11.1 Å². The molecule has 0 saturated carbocycles. The van der Waals surface area contributed by atoms with E-state index in [-0.39, 0.29) is 11.9 Å². The monoisotopic (exact) mass is 325 g/mol. The molecule has 4 heteroatoms. The second-order valence-electron chi connectivity index (χ2n) is 4.46. The maximum atomic E-state index is 14.3. The van der Waals surface area contributed by atoms with Crippen LogP contribution in [-0.4, -0.2) is 6.54 Å². The predicted octanol–water partition coefficient (Wildman–Crippen LogP) is 4.58. The van der Waals surface area contributed by atoms with Crippen LogP contribution in [-0.2, 0) is 0 Å². The summed E-state index contributed by atoms with van der Waals surface area (Å²) in [6.07, 6.45) is 2.63. The summed E-state index contributed by atoms with van der Waals surface area (Å²) in [5.41, 5.74) is 1.61. The Bertz CT molecular complexity index is 553. The van der Waals surface area contributed by atoms with Gasteiger partial charge in [-0.15, -0.1) is 0 Å². The van der Waals surface area contributed by atoms with Gasteiger partial charge in [0.2, 0.25) is 0 Å². The molecule has 1 unspecified atom stereocenters. The van der Waals surface area contributed by atoms with Gasteiger partial charge in [-0.25, -0.2) is 4.39 Å².